The van der Waals surface area contributed by atoms with Crippen molar-refractivity contribution in [2.24, 2.45) is 0 Å². The number of nitrogens with zero attached hydrogens (tertiary/aromatic N) is 1. The molecule has 0 aliphatic carbocycles. The maximum Gasteiger partial charge on any atom is 0.417 e. The third-order valence-corrected chi connectivity index (χ3v) is 2.03. The van der Waals surface area contributed by atoms with Crippen molar-refractivity contribution in [2.45, 2.75) is 12.8 Å². The van der Waals surface area contributed by atoms with Crippen LogP contribution in [0.5, 0.6) is 0 Å². The zero-order valence-corrected chi connectivity index (χ0v) is 8.58. The fourth-order valence-corrected chi connectivity index (χ4v) is 1.18. The van der Waals surface area contributed by atoms with Crippen LogP contribution in [-0.4, -0.2) is 18.1 Å². The van der Waals surface area contributed by atoms with E-state index in [1.165, 1.54) is 6.47 Å². The third kappa shape index (κ3) is 4.03. The van der Waals surface area contributed by atoms with Crippen LogP contribution in [0.15, 0.2) is 22.9 Å². The average Bonchev–Trinajstić information content (AvgIpc) is 2.15. The van der Waals surface area contributed by atoms with E-state index in [1.54, 1.807) is 6.20 Å². The second-order valence-electron chi connectivity index (χ2n) is 2.52. The maximum atomic E-state index is 9.70. The molecule has 0 spiro atoms. The van der Waals surface area contributed by atoms with Gasteiger partial charge in [0.1, 0.15) is 4.60 Å². The first-order valence-corrected chi connectivity index (χ1v) is 4.71. The zero-order valence-electron chi connectivity index (χ0n) is 7.00. The van der Waals surface area contributed by atoms with Crippen molar-refractivity contribution in [1.29, 1.82) is 0 Å². The summed E-state index contributed by atoms with van der Waals surface area (Å²) < 4.78 is 5.27. The molecule has 0 aliphatic rings. The molecule has 13 heavy (non-hydrogen) atoms. The SMILES string of the molecule is O=[C]OCCCc1ccc(Br)nc1. The lowest BCUT2D eigenvalue weighted by Crippen LogP contribution is -1.94. The molecular formula is C9H9BrNO2. The minimum absolute atomic E-state index is 0.416. The number of halogens is 1. The van der Waals surface area contributed by atoms with Crippen molar-refractivity contribution >= 4 is 22.4 Å². The molecule has 0 saturated heterocycles. The van der Waals surface area contributed by atoms with Crippen LogP contribution in [0.4, 0.5) is 0 Å². The summed E-state index contributed by atoms with van der Waals surface area (Å²) in [5.74, 6) is 0. The summed E-state index contributed by atoms with van der Waals surface area (Å²) in [6, 6.07) is 3.88. The molecule has 1 heterocycles. The fourth-order valence-electron chi connectivity index (χ4n) is 0.944. The Hall–Kier alpha value is -0.900. The summed E-state index contributed by atoms with van der Waals surface area (Å²) in [5, 5.41) is 0. The van der Waals surface area contributed by atoms with E-state index in [-0.39, 0.29) is 0 Å². The lowest BCUT2D eigenvalue weighted by Gasteiger charge is -1.99. The van der Waals surface area contributed by atoms with Gasteiger partial charge in [-0.2, -0.15) is 0 Å². The molecule has 0 fully saturated rings. The topological polar surface area (TPSA) is 39.2 Å². The highest BCUT2D eigenvalue weighted by Gasteiger charge is 1.94. The smallest absolute Gasteiger partial charge is 0.417 e. The van der Waals surface area contributed by atoms with Gasteiger partial charge in [0.25, 0.3) is 0 Å². The van der Waals surface area contributed by atoms with E-state index >= 15 is 0 Å². The van der Waals surface area contributed by atoms with Crippen LogP contribution >= 0.6 is 15.9 Å². The minimum Gasteiger partial charge on any atom is -0.457 e. The largest absolute Gasteiger partial charge is 0.457 e. The van der Waals surface area contributed by atoms with E-state index in [0.29, 0.717) is 6.61 Å². The van der Waals surface area contributed by atoms with Crippen LogP contribution in [0.2, 0.25) is 0 Å². The van der Waals surface area contributed by atoms with Crippen molar-refractivity contribution in [3.63, 3.8) is 0 Å². The van der Waals surface area contributed by atoms with Crippen LogP contribution in [-0.2, 0) is 16.0 Å². The number of rotatable bonds is 5. The first-order valence-electron chi connectivity index (χ1n) is 3.92. The second-order valence-corrected chi connectivity index (χ2v) is 3.34. The first-order chi connectivity index (χ1) is 6.33. The Bertz CT molecular complexity index is 261. The van der Waals surface area contributed by atoms with Gasteiger partial charge >= 0.3 is 6.47 Å². The quantitative estimate of drug-likeness (QED) is 0.585. The van der Waals surface area contributed by atoms with E-state index in [2.05, 4.69) is 25.7 Å². The highest BCUT2D eigenvalue weighted by atomic mass is 79.9. The predicted octanol–water partition coefficient (Wildman–Crippen LogP) is 1.86. The number of ether oxygens (including phenoxy) is 1. The lowest BCUT2D eigenvalue weighted by molar-refractivity contribution is 0.273. The predicted molar refractivity (Wildman–Crippen MR) is 51.9 cm³/mol. The zero-order chi connectivity index (χ0) is 9.52. The van der Waals surface area contributed by atoms with Crippen LogP contribution in [0.25, 0.3) is 0 Å². The van der Waals surface area contributed by atoms with E-state index < -0.39 is 0 Å². The number of aryl methyl sites for hydroxylation is 1. The summed E-state index contributed by atoms with van der Waals surface area (Å²) in [6.07, 6.45) is 3.47. The minimum atomic E-state index is 0.416. The van der Waals surface area contributed by atoms with Gasteiger partial charge in [0, 0.05) is 6.20 Å². The monoisotopic (exact) mass is 242 g/mol. The molecule has 0 amide bonds. The number of carbonyl (C=O) groups excluding carboxylic acids is 1. The molecule has 0 bridgehead atoms. The molecule has 1 aromatic rings. The Morgan fingerprint density at radius 3 is 3.00 bits per heavy atom. The standard InChI is InChI=1S/C9H9BrNO2/c10-9-4-3-8(6-11-9)2-1-5-13-7-12/h3-4,6H,1-2,5H2. The van der Waals surface area contributed by atoms with Crippen molar-refractivity contribution in [3.05, 3.63) is 28.5 Å². The molecule has 0 N–H and O–H groups in total. The molecule has 1 aromatic heterocycles. The van der Waals surface area contributed by atoms with Gasteiger partial charge < -0.3 is 4.74 Å². The Kier molecular flexibility index (Phi) is 4.46. The molecule has 0 aromatic carbocycles. The first kappa shape index (κ1) is 10.2. The van der Waals surface area contributed by atoms with Gasteiger partial charge in [0.15, 0.2) is 0 Å². The fraction of sp³-hybridized carbons (Fsp3) is 0.333. The van der Waals surface area contributed by atoms with Gasteiger partial charge in [-0.25, -0.2) is 9.78 Å². The Morgan fingerprint density at radius 2 is 2.38 bits per heavy atom. The molecule has 69 valence electrons. The molecule has 0 unspecified atom stereocenters. The van der Waals surface area contributed by atoms with E-state index in [4.69, 9.17) is 0 Å². The normalized spacial score (nSPS) is 9.62. The maximum absolute atomic E-state index is 9.70. The van der Waals surface area contributed by atoms with Crippen LogP contribution in [0, 0.1) is 0 Å². The lowest BCUT2D eigenvalue weighted by atomic mass is 10.2. The number of aromatic nitrogens is 1. The summed E-state index contributed by atoms with van der Waals surface area (Å²) in [5.41, 5.74) is 1.14. The van der Waals surface area contributed by atoms with Gasteiger partial charge in [-0.1, -0.05) is 6.07 Å². The Labute approximate surface area is 85.3 Å². The number of hydrogen-bond donors (Lipinski definition) is 0. The highest BCUT2D eigenvalue weighted by molar-refractivity contribution is 9.10. The van der Waals surface area contributed by atoms with Gasteiger partial charge in [0.2, 0.25) is 0 Å². The summed E-state index contributed by atoms with van der Waals surface area (Å²) in [4.78, 5) is 13.8. The average molecular weight is 243 g/mol. The van der Waals surface area contributed by atoms with Gasteiger partial charge in [0.05, 0.1) is 6.61 Å². The molecule has 4 heteroatoms. The van der Waals surface area contributed by atoms with Crippen molar-refractivity contribution in [2.75, 3.05) is 6.61 Å². The van der Waals surface area contributed by atoms with E-state index in [0.717, 1.165) is 23.0 Å². The van der Waals surface area contributed by atoms with Crippen LogP contribution in [0.1, 0.15) is 12.0 Å². The summed E-state index contributed by atoms with van der Waals surface area (Å²) >= 11 is 3.25. The molecule has 1 rings (SSSR count). The van der Waals surface area contributed by atoms with Crippen LogP contribution < -0.4 is 0 Å². The van der Waals surface area contributed by atoms with Crippen molar-refractivity contribution in [3.8, 4) is 0 Å². The second kappa shape index (κ2) is 5.70. The van der Waals surface area contributed by atoms with Gasteiger partial charge in [-0.05, 0) is 40.4 Å². The Morgan fingerprint density at radius 1 is 1.54 bits per heavy atom. The van der Waals surface area contributed by atoms with Gasteiger partial charge in [-0.15, -0.1) is 0 Å². The van der Waals surface area contributed by atoms with Crippen molar-refractivity contribution in [1.82, 2.24) is 4.98 Å². The Balaban J connectivity index is 2.28. The highest BCUT2D eigenvalue weighted by Crippen LogP contribution is 2.07. The van der Waals surface area contributed by atoms with E-state index in [1.807, 2.05) is 12.1 Å². The van der Waals surface area contributed by atoms with Crippen molar-refractivity contribution < 1.29 is 9.53 Å². The van der Waals surface area contributed by atoms with Gasteiger partial charge in [-0.3, -0.25) is 0 Å². The molecule has 3 nitrogen and oxygen atoms in total. The third-order valence-electron chi connectivity index (χ3n) is 1.56. The molecule has 1 radical (unpaired) electrons. The molecular weight excluding hydrogens is 234 g/mol. The molecule has 0 atom stereocenters. The molecule has 0 aliphatic heterocycles. The number of pyridine rings is 1. The van der Waals surface area contributed by atoms with E-state index in [9.17, 15) is 4.79 Å². The summed E-state index contributed by atoms with van der Waals surface area (Å²) in [7, 11) is 0. The van der Waals surface area contributed by atoms with Crippen LogP contribution in [0.3, 0.4) is 0 Å². The number of hydrogen-bond acceptors (Lipinski definition) is 3. The molecule has 0 saturated carbocycles. The summed E-state index contributed by atoms with van der Waals surface area (Å²) in [6.45, 7) is 1.81.